The van der Waals surface area contributed by atoms with Gasteiger partial charge in [0.05, 0.1) is 17.5 Å². The highest BCUT2D eigenvalue weighted by molar-refractivity contribution is 5.73. The fourth-order valence-electron chi connectivity index (χ4n) is 2.40. The average Bonchev–Trinajstić information content (AvgIpc) is 3.22. The van der Waals surface area contributed by atoms with Crippen LogP contribution in [0.15, 0.2) is 35.0 Å². The van der Waals surface area contributed by atoms with Crippen LogP contribution in [0.5, 0.6) is 0 Å². The van der Waals surface area contributed by atoms with Gasteiger partial charge >= 0.3 is 12.1 Å². The second-order valence-electron chi connectivity index (χ2n) is 5.90. The van der Waals surface area contributed by atoms with E-state index in [0.717, 1.165) is 29.9 Å². The second-order valence-corrected chi connectivity index (χ2v) is 5.90. The molecule has 5 N–H and O–H groups in total. The Hall–Kier alpha value is -3.41. The van der Waals surface area contributed by atoms with E-state index >= 15 is 0 Å². The molecule has 3 aromatic rings. The Labute approximate surface area is 155 Å². The lowest BCUT2D eigenvalue weighted by atomic mass is 9.96. The number of aromatic amines is 1. The topological polar surface area (TPSA) is 143 Å². The maximum Gasteiger partial charge on any atom is 0.490 e. The SMILES string of the molecule is Nc1cccc(-c2noc(-c3cn[nH]c3C3CNC3)n2)c1.O=C(O)C(F)(F)F. The quantitative estimate of drug-likeness (QED) is 0.493. The first kappa shape index (κ1) is 19.4. The predicted octanol–water partition coefficient (Wildman–Crippen LogP) is 2.03. The van der Waals surface area contributed by atoms with E-state index in [4.69, 9.17) is 20.2 Å². The van der Waals surface area contributed by atoms with Crippen LogP contribution in [-0.4, -0.2) is 50.7 Å². The van der Waals surface area contributed by atoms with Gasteiger partial charge in [0.1, 0.15) is 0 Å². The Morgan fingerprint density at radius 3 is 2.61 bits per heavy atom. The van der Waals surface area contributed by atoms with Gasteiger partial charge in [0, 0.05) is 30.3 Å². The van der Waals surface area contributed by atoms with Crippen molar-refractivity contribution >= 4 is 11.7 Å². The lowest BCUT2D eigenvalue weighted by Crippen LogP contribution is -2.40. The summed E-state index contributed by atoms with van der Waals surface area (Å²) in [6.07, 6.45) is -3.36. The molecule has 4 rings (SSSR count). The van der Waals surface area contributed by atoms with Gasteiger partial charge in [-0.2, -0.15) is 23.3 Å². The minimum absolute atomic E-state index is 0.421. The van der Waals surface area contributed by atoms with E-state index in [9.17, 15) is 13.2 Å². The van der Waals surface area contributed by atoms with Crippen molar-refractivity contribution in [1.82, 2.24) is 25.7 Å². The number of rotatable bonds is 3. The van der Waals surface area contributed by atoms with Crippen molar-refractivity contribution < 1.29 is 27.6 Å². The van der Waals surface area contributed by atoms with Gasteiger partial charge < -0.3 is 20.7 Å². The van der Waals surface area contributed by atoms with Gasteiger partial charge in [-0.05, 0) is 12.1 Å². The van der Waals surface area contributed by atoms with Crippen molar-refractivity contribution in [2.24, 2.45) is 0 Å². The Morgan fingerprint density at radius 1 is 1.32 bits per heavy atom. The molecule has 0 unspecified atom stereocenters. The first-order valence-electron chi connectivity index (χ1n) is 7.99. The fraction of sp³-hybridized carbons (Fsp3) is 0.250. The molecule has 0 bridgehead atoms. The molecule has 12 heteroatoms. The molecule has 0 spiro atoms. The number of carboxylic acid groups (broad SMARTS) is 1. The number of nitrogens with one attached hydrogen (secondary N) is 2. The van der Waals surface area contributed by atoms with Gasteiger partial charge in [0.2, 0.25) is 5.82 Å². The summed E-state index contributed by atoms with van der Waals surface area (Å²) in [7, 11) is 0. The van der Waals surface area contributed by atoms with Gasteiger partial charge in [0.25, 0.3) is 5.89 Å². The van der Waals surface area contributed by atoms with E-state index < -0.39 is 12.1 Å². The molecule has 1 aromatic carbocycles. The van der Waals surface area contributed by atoms with Crippen molar-refractivity contribution in [1.29, 1.82) is 0 Å². The first-order chi connectivity index (χ1) is 13.3. The number of carbonyl (C=O) groups is 1. The van der Waals surface area contributed by atoms with E-state index in [2.05, 4.69) is 25.7 Å². The number of halogens is 3. The third-order valence-electron chi connectivity index (χ3n) is 3.90. The van der Waals surface area contributed by atoms with Crippen LogP contribution < -0.4 is 11.1 Å². The van der Waals surface area contributed by atoms with Crippen LogP contribution in [0.25, 0.3) is 22.8 Å². The third-order valence-corrected chi connectivity index (χ3v) is 3.90. The molecule has 3 heterocycles. The summed E-state index contributed by atoms with van der Waals surface area (Å²) in [4.78, 5) is 13.3. The highest BCUT2D eigenvalue weighted by atomic mass is 19.4. The number of nitrogens with two attached hydrogens (primary N) is 1. The first-order valence-corrected chi connectivity index (χ1v) is 7.99. The molecule has 9 nitrogen and oxygen atoms in total. The van der Waals surface area contributed by atoms with E-state index in [-0.39, 0.29) is 0 Å². The molecule has 148 valence electrons. The van der Waals surface area contributed by atoms with Gasteiger partial charge in [-0.3, -0.25) is 5.10 Å². The number of alkyl halides is 3. The molecule has 28 heavy (non-hydrogen) atoms. The number of aliphatic carboxylic acids is 1. The zero-order valence-electron chi connectivity index (χ0n) is 14.2. The monoisotopic (exact) mass is 396 g/mol. The number of hydrogen-bond donors (Lipinski definition) is 4. The Morgan fingerprint density at radius 2 is 2.04 bits per heavy atom. The number of aromatic nitrogens is 4. The molecule has 0 aliphatic carbocycles. The molecule has 0 atom stereocenters. The van der Waals surface area contributed by atoms with Crippen molar-refractivity contribution in [3.05, 3.63) is 36.2 Å². The summed E-state index contributed by atoms with van der Waals surface area (Å²) < 4.78 is 37.1. The van der Waals surface area contributed by atoms with Gasteiger partial charge in [-0.25, -0.2) is 4.79 Å². The molecular weight excluding hydrogens is 381 g/mol. The summed E-state index contributed by atoms with van der Waals surface area (Å²) in [5.41, 5.74) is 9.19. The van der Waals surface area contributed by atoms with E-state index in [0.29, 0.717) is 23.3 Å². The molecule has 2 aromatic heterocycles. The van der Waals surface area contributed by atoms with Crippen molar-refractivity contribution in [3.63, 3.8) is 0 Å². The van der Waals surface area contributed by atoms with Gasteiger partial charge in [0.15, 0.2) is 0 Å². The lowest BCUT2D eigenvalue weighted by Gasteiger charge is -2.26. The molecule has 0 amide bonds. The zero-order chi connectivity index (χ0) is 20.3. The van der Waals surface area contributed by atoms with Crippen molar-refractivity contribution in [2.75, 3.05) is 18.8 Å². The Bertz CT molecular complexity index is 964. The summed E-state index contributed by atoms with van der Waals surface area (Å²) in [6, 6.07) is 7.41. The van der Waals surface area contributed by atoms with Crippen molar-refractivity contribution in [2.45, 2.75) is 12.1 Å². The van der Waals surface area contributed by atoms with E-state index in [1.807, 2.05) is 24.3 Å². The summed E-state index contributed by atoms with van der Waals surface area (Å²) >= 11 is 0. The predicted molar refractivity (Wildman–Crippen MR) is 91.0 cm³/mol. The van der Waals surface area contributed by atoms with Crippen LogP contribution in [0.2, 0.25) is 0 Å². The van der Waals surface area contributed by atoms with E-state index in [1.165, 1.54) is 0 Å². The molecule has 0 radical (unpaired) electrons. The molecule has 1 saturated heterocycles. The maximum atomic E-state index is 10.6. The maximum absolute atomic E-state index is 10.6. The van der Waals surface area contributed by atoms with Crippen LogP contribution >= 0.6 is 0 Å². The number of hydrogen-bond acceptors (Lipinski definition) is 7. The number of benzene rings is 1. The fourth-order valence-corrected chi connectivity index (χ4v) is 2.40. The third kappa shape index (κ3) is 4.28. The van der Waals surface area contributed by atoms with E-state index in [1.54, 1.807) is 6.20 Å². The number of anilines is 1. The molecule has 0 saturated carbocycles. The van der Waals surface area contributed by atoms with Crippen LogP contribution in [-0.2, 0) is 4.79 Å². The minimum Gasteiger partial charge on any atom is -0.475 e. The van der Waals surface area contributed by atoms with Crippen LogP contribution in [0, 0.1) is 0 Å². The van der Waals surface area contributed by atoms with Crippen LogP contribution in [0.3, 0.4) is 0 Å². The number of nitrogen functional groups attached to an aromatic ring is 1. The smallest absolute Gasteiger partial charge is 0.475 e. The standard InChI is InChI=1S/C14H14N6O.C2HF3O2/c15-10-3-1-2-8(4-10)13-18-14(21-20-13)11-7-17-19-12(11)9-5-16-6-9;3-2(4,5)1(6)7/h1-4,7,9,16H,5-6,15H2,(H,17,19);(H,6,7). The normalized spacial score (nSPS) is 14.1. The Balaban J connectivity index is 0.000000279. The lowest BCUT2D eigenvalue weighted by molar-refractivity contribution is -0.192. The molecular formula is C16H15F3N6O3. The number of H-pyrrole nitrogens is 1. The number of carboxylic acids is 1. The largest absolute Gasteiger partial charge is 0.490 e. The molecule has 1 fully saturated rings. The highest BCUT2D eigenvalue weighted by Crippen LogP contribution is 2.30. The zero-order valence-corrected chi connectivity index (χ0v) is 14.2. The van der Waals surface area contributed by atoms with Gasteiger partial charge in [-0.15, -0.1) is 0 Å². The Kier molecular flexibility index (Phi) is 5.31. The molecule has 1 aliphatic rings. The average molecular weight is 396 g/mol. The van der Waals surface area contributed by atoms with Crippen LogP contribution in [0.1, 0.15) is 11.6 Å². The van der Waals surface area contributed by atoms with Crippen molar-refractivity contribution in [3.8, 4) is 22.8 Å². The second kappa shape index (κ2) is 7.68. The minimum atomic E-state index is -5.08. The molecule has 1 aliphatic heterocycles. The summed E-state index contributed by atoms with van der Waals surface area (Å²) in [5, 5.41) is 21.5. The highest BCUT2D eigenvalue weighted by Gasteiger charge is 2.38. The summed E-state index contributed by atoms with van der Waals surface area (Å²) in [6.45, 7) is 1.87. The van der Waals surface area contributed by atoms with Crippen LogP contribution in [0.4, 0.5) is 18.9 Å². The number of nitrogens with zero attached hydrogens (tertiary/aromatic N) is 3. The van der Waals surface area contributed by atoms with Gasteiger partial charge in [-0.1, -0.05) is 17.3 Å². The summed E-state index contributed by atoms with van der Waals surface area (Å²) in [5.74, 6) is -1.34.